The van der Waals surface area contributed by atoms with E-state index in [4.69, 9.17) is 16.7 Å². The summed E-state index contributed by atoms with van der Waals surface area (Å²) in [5.41, 5.74) is -0.308. The summed E-state index contributed by atoms with van der Waals surface area (Å²) in [7, 11) is 0. The van der Waals surface area contributed by atoms with Gasteiger partial charge in [0.2, 0.25) is 5.91 Å². The lowest BCUT2D eigenvalue weighted by atomic mass is 10.1. The summed E-state index contributed by atoms with van der Waals surface area (Å²) in [4.78, 5) is 36.6. The highest BCUT2D eigenvalue weighted by Gasteiger charge is 2.40. The fourth-order valence-corrected chi connectivity index (χ4v) is 3.13. The molecule has 3 rings (SSSR count). The number of carbonyl (C=O) groups is 3. The van der Waals surface area contributed by atoms with Crippen molar-refractivity contribution in [1.29, 1.82) is 0 Å². The molecular formula is C19H14ClF3N2O4. The molecule has 0 bridgehead atoms. The van der Waals surface area contributed by atoms with Crippen LogP contribution in [-0.4, -0.2) is 28.9 Å². The zero-order chi connectivity index (χ0) is 21.3. The molecule has 10 heteroatoms. The molecule has 1 fully saturated rings. The molecule has 0 aromatic heterocycles. The van der Waals surface area contributed by atoms with Crippen molar-refractivity contribution in [3.05, 3.63) is 58.6 Å². The Morgan fingerprint density at radius 3 is 2.41 bits per heavy atom. The van der Waals surface area contributed by atoms with E-state index < -0.39 is 35.6 Å². The molecule has 2 aromatic rings. The Morgan fingerprint density at radius 2 is 1.83 bits per heavy atom. The fraction of sp³-hybridized carbons (Fsp3) is 0.211. The minimum atomic E-state index is -4.58. The first-order valence-corrected chi connectivity index (χ1v) is 8.75. The number of imide groups is 1. The maximum atomic E-state index is 12.9. The van der Waals surface area contributed by atoms with Gasteiger partial charge in [-0.3, -0.25) is 14.4 Å². The highest BCUT2D eigenvalue weighted by molar-refractivity contribution is 6.33. The number of benzene rings is 2. The predicted octanol–water partition coefficient (Wildman–Crippen LogP) is 3.73. The van der Waals surface area contributed by atoms with Gasteiger partial charge in [-0.2, -0.15) is 13.2 Å². The van der Waals surface area contributed by atoms with Crippen LogP contribution in [-0.2, 0) is 27.0 Å². The average Bonchev–Trinajstić information content (AvgIpc) is 2.90. The quantitative estimate of drug-likeness (QED) is 0.711. The van der Waals surface area contributed by atoms with Crippen molar-refractivity contribution in [3.63, 3.8) is 0 Å². The number of carboxylic acid groups (broad SMARTS) is 1. The average molecular weight is 427 g/mol. The second-order valence-corrected chi connectivity index (χ2v) is 6.80. The maximum absolute atomic E-state index is 12.9. The Balaban J connectivity index is 1.80. The summed E-state index contributed by atoms with van der Waals surface area (Å²) in [6.45, 7) is 0. The van der Waals surface area contributed by atoms with Crippen LogP contribution in [0.25, 0.3) is 0 Å². The normalized spacial score (nSPS) is 17.0. The van der Waals surface area contributed by atoms with Crippen LogP contribution in [0, 0.1) is 0 Å². The first kappa shape index (κ1) is 20.7. The topological polar surface area (TPSA) is 86.7 Å². The SMILES string of the molecule is O=C(O)Cc1ccc(N2C(=O)CC(Nc3cc(C(F)(F)F)ccc3Cl)C2=O)cc1. The number of amides is 2. The van der Waals surface area contributed by atoms with E-state index in [2.05, 4.69) is 5.32 Å². The van der Waals surface area contributed by atoms with E-state index in [1.54, 1.807) is 0 Å². The van der Waals surface area contributed by atoms with Gasteiger partial charge in [0.25, 0.3) is 5.91 Å². The van der Waals surface area contributed by atoms with Gasteiger partial charge in [-0.25, -0.2) is 4.90 Å². The Kier molecular flexibility index (Phi) is 5.52. The van der Waals surface area contributed by atoms with Gasteiger partial charge in [0, 0.05) is 0 Å². The van der Waals surface area contributed by atoms with Crippen LogP contribution in [0.15, 0.2) is 42.5 Å². The van der Waals surface area contributed by atoms with Crippen LogP contribution in [0.2, 0.25) is 5.02 Å². The first-order chi connectivity index (χ1) is 13.6. The minimum Gasteiger partial charge on any atom is -0.481 e. The molecular weight excluding hydrogens is 413 g/mol. The zero-order valence-corrected chi connectivity index (χ0v) is 15.4. The third kappa shape index (κ3) is 4.51. The van der Waals surface area contributed by atoms with Gasteiger partial charge in [-0.15, -0.1) is 0 Å². The molecule has 2 aromatic carbocycles. The number of hydrogen-bond acceptors (Lipinski definition) is 4. The van der Waals surface area contributed by atoms with Gasteiger partial charge in [0.15, 0.2) is 0 Å². The summed E-state index contributed by atoms with van der Waals surface area (Å²) in [5, 5.41) is 11.4. The number of nitrogens with zero attached hydrogens (tertiary/aromatic N) is 1. The number of carboxylic acids is 1. The van der Waals surface area contributed by atoms with Gasteiger partial charge in [-0.1, -0.05) is 23.7 Å². The van der Waals surface area contributed by atoms with Crippen molar-refractivity contribution in [2.45, 2.75) is 25.1 Å². The molecule has 1 heterocycles. The number of alkyl halides is 3. The van der Waals surface area contributed by atoms with E-state index in [0.29, 0.717) is 5.56 Å². The summed E-state index contributed by atoms with van der Waals surface area (Å²) in [5.74, 6) is -2.20. The van der Waals surface area contributed by atoms with Gasteiger partial charge >= 0.3 is 12.1 Å². The van der Waals surface area contributed by atoms with Crippen molar-refractivity contribution in [2.75, 3.05) is 10.2 Å². The standard InChI is InChI=1S/C19H14ClF3N2O4/c20-13-6-3-11(19(21,22)23)8-14(13)24-15-9-16(26)25(18(15)29)12-4-1-10(2-5-12)7-17(27)28/h1-6,8,15,24H,7,9H2,(H,27,28). The highest BCUT2D eigenvalue weighted by atomic mass is 35.5. The van der Waals surface area contributed by atoms with Crippen molar-refractivity contribution in [3.8, 4) is 0 Å². The van der Waals surface area contributed by atoms with Crippen molar-refractivity contribution < 1.29 is 32.7 Å². The maximum Gasteiger partial charge on any atom is 0.416 e. The second-order valence-electron chi connectivity index (χ2n) is 6.40. The Hall–Kier alpha value is -3.07. The van der Waals surface area contributed by atoms with E-state index in [9.17, 15) is 27.6 Å². The third-order valence-electron chi connectivity index (χ3n) is 4.32. The molecule has 2 amide bonds. The van der Waals surface area contributed by atoms with Crippen molar-refractivity contribution in [1.82, 2.24) is 0 Å². The van der Waals surface area contributed by atoms with Gasteiger partial charge in [-0.05, 0) is 35.9 Å². The Labute approximate surface area is 167 Å². The van der Waals surface area contributed by atoms with E-state index >= 15 is 0 Å². The number of rotatable bonds is 5. The number of hydrogen-bond donors (Lipinski definition) is 2. The van der Waals surface area contributed by atoms with Gasteiger partial charge in [0.05, 0.1) is 34.8 Å². The van der Waals surface area contributed by atoms with E-state index in [-0.39, 0.29) is 29.2 Å². The lowest BCUT2D eigenvalue weighted by molar-refractivity contribution is -0.138. The molecule has 152 valence electrons. The number of anilines is 2. The number of carbonyl (C=O) groups excluding carboxylic acids is 2. The van der Waals surface area contributed by atoms with Crippen molar-refractivity contribution >= 4 is 40.8 Å². The summed E-state index contributed by atoms with van der Waals surface area (Å²) >= 11 is 5.93. The van der Waals surface area contributed by atoms with Crippen LogP contribution in [0.5, 0.6) is 0 Å². The predicted molar refractivity (Wildman–Crippen MR) is 98.8 cm³/mol. The molecule has 1 saturated heterocycles. The van der Waals surface area contributed by atoms with Crippen molar-refractivity contribution in [2.24, 2.45) is 0 Å². The summed E-state index contributed by atoms with van der Waals surface area (Å²) < 4.78 is 38.7. The fourth-order valence-electron chi connectivity index (χ4n) is 2.95. The highest BCUT2D eigenvalue weighted by Crippen LogP contribution is 2.35. The largest absolute Gasteiger partial charge is 0.481 e. The molecule has 1 aliphatic rings. The molecule has 1 unspecified atom stereocenters. The Bertz CT molecular complexity index is 976. The second kappa shape index (κ2) is 7.75. The monoisotopic (exact) mass is 426 g/mol. The molecule has 0 saturated carbocycles. The smallest absolute Gasteiger partial charge is 0.416 e. The van der Waals surface area contributed by atoms with Gasteiger partial charge < -0.3 is 10.4 Å². The van der Waals surface area contributed by atoms with Crippen LogP contribution in [0.3, 0.4) is 0 Å². The number of nitrogens with one attached hydrogen (secondary N) is 1. The summed E-state index contributed by atoms with van der Waals surface area (Å²) in [6.07, 6.45) is -5.05. The molecule has 1 aliphatic heterocycles. The van der Waals surface area contributed by atoms with E-state index in [1.165, 1.54) is 24.3 Å². The van der Waals surface area contributed by atoms with E-state index in [0.717, 1.165) is 23.1 Å². The minimum absolute atomic E-state index is 0.0188. The van der Waals surface area contributed by atoms with Crippen LogP contribution in [0.1, 0.15) is 17.5 Å². The molecule has 0 aliphatic carbocycles. The third-order valence-corrected chi connectivity index (χ3v) is 4.65. The lowest BCUT2D eigenvalue weighted by Crippen LogP contribution is -2.34. The molecule has 29 heavy (non-hydrogen) atoms. The Morgan fingerprint density at radius 1 is 1.17 bits per heavy atom. The van der Waals surface area contributed by atoms with E-state index in [1.807, 2.05) is 0 Å². The van der Waals surface area contributed by atoms with Crippen LogP contribution >= 0.6 is 11.6 Å². The zero-order valence-electron chi connectivity index (χ0n) is 14.7. The summed E-state index contributed by atoms with van der Waals surface area (Å²) in [6, 6.07) is 7.42. The molecule has 6 nitrogen and oxygen atoms in total. The lowest BCUT2D eigenvalue weighted by Gasteiger charge is -2.18. The first-order valence-electron chi connectivity index (χ1n) is 8.37. The number of aliphatic carboxylic acids is 1. The van der Waals surface area contributed by atoms with Gasteiger partial charge in [0.1, 0.15) is 6.04 Å². The number of halogens is 4. The van der Waals surface area contributed by atoms with Crippen LogP contribution < -0.4 is 10.2 Å². The van der Waals surface area contributed by atoms with Crippen LogP contribution in [0.4, 0.5) is 24.5 Å². The molecule has 1 atom stereocenters. The molecule has 0 radical (unpaired) electrons. The molecule has 0 spiro atoms. The molecule has 2 N–H and O–H groups in total.